The van der Waals surface area contributed by atoms with E-state index in [0.717, 1.165) is 11.6 Å². The lowest BCUT2D eigenvalue weighted by Gasteiger charge is -2.00. The lowest BCUT2D eigenvalue weighted by atomic mass is 10.2. The van der Waals surface area contributed by atoms with Crippen LogP contribution in [0.3, 0.4) is 0 Å². The Labute approximate surface area is 111 Å². The maximum Gasteiger partial charge on any atom is 0.253 e. The molecule has 0 aliphatic heterocycles. The summed E-state index contributed by atoms with van der Waals surface area (Å²) in [6.45, 7) is 2.97. The zero-order chi connectivity index (χ0) is 10.8. The van der Waals surface area contributed by atoms with Crippen LogP contribution in [0, 0.1) is 6.92 Å². The normalized spacial score (nSPS) is 9.94. The molecule has 0 saturated heterocycles. The van der Waals surface area contributed by atoms with Gasteiger partial charge in [0.2, 0.25) is 0 Å². The molecule has 0 spiro atoms. The molecule has 2 aromatic rings. The highest BCUT2D eigenvalue weighted by Gasteiger charge is 2.08. The molecule has 0 saturated carbocycles. The molecule has 0 radical (unpaired) electrons. The lowest BCUT2D eigenvalue weighted by molar-refractivity contribution is -0.677. The molecule has 0 bridgehead atoms. The molecule has 16 heavy (non-hydrogen) atoms. The van der Waals surface area contributed by atoms with Crippen LogP contribution in [0.2, 0.25) is 5.02 Å². The summed E-state index contributed by atoms with van der Waals surface area (Å²) in [6.07, 6.45) is 4.14. The fourth-order valence-electron chi connectivity index (χ4n) is 1.60. The van der Waals surface area contributed by atoms with E-state index in [-0.39, 0.29) is 17.0 Å². The molecule has 0 N–H and O–H groups in total. The van der Waals surface area contributed by atoms with Crippen LogP contribution in [-0.2, 0) is 13.6 Å². The molecule has 0 amide bonds. The van der Waals surface area contributed by atoms with E-state index in [1.165, 1.54) is 11.4 Å². The van der Waals surface area contributed by atoms with Crippen molar-refractivity contribution in [3.63, 3.8) is 0 Å². The molecule has 0 atom stereocenters. The van der Waals surface area contributed by atoms with Crippen LogP contribution in [0.5, 0.6) is 0 Å². The van der Waals surface area contributed by atoms with Crippen molar-refractivity contribution in [3.8, 4) is 0 Å². The summed E-state index contributed by atoms with van der Waals surface area (Å²) in [5.41, 5.74) is 1.22. The van der Waals surface area contributed by atoms with E-state index in [0.29, 0.717) is 0 Å². The molecule has 0 aliphatic rings. The van der Waals surface area contributed by atoms with Crippen molar-refractivity contribution in [1.82, 2.24) is 4.57 Å². The Hall–Kier alpha value is -0.800. The van der Waals surface area contributed by atoms with Gasteiger partial charge in [-0.15, -0.1) is 0 Å². The summed E-state index contributed by atoms with van der Waals surface area (Å²) in [6, 6.07) is 7.97. The fourth-order valence-corrected chi connectivity index (χ4v) is 1.81. The molecule has 2 rings (SSSR count). The summed E-state index contributed by atoms with van der Waals surface area (Å²) < 4.78 is 4.30. The van der Waals surface area contributed by atoms with Crippen LogP contribution in [0.1, 0.15) is 11.4 Å². The number of imidazole rings is 1. The maximum atomic E-state index is 5.94. The third-order valence-electron chi connectivity index (χ3n) is 2.64. The average Bonchev–Trinajstić information content (AvgIpc) is 2.50. The van der Waals surface area contributed by atoms with E-state index in [1.54, 1.807) is 0 Å². The van der Waals surface area contributed by atoms with Gasteiger partial charge in [0.1, 0.15) is 18.9 Å². The summed E-state index contributed by atoms with van der Waals surface area (Å²) >= 11 is 5.94. The Balaban J connectivity index is 0.00000128. The Morgan fingerprint density at radius 1 is 1.38 bits per heavy atom. The minimum Gasteiger partial charge on any atom is -1.00 e. The topological polar surface area (TPSA) is 8.81 Å². The molecule has 86 valence electrons. The number of halogens is 2. The predicted octanol–water partition coefficient (Wildman–Crippen LogP) is -0.673. The minimum absolute atomic E-state index is 0. The van der Waals surface area contributed by atoms with Gasteiger partial charge in [0, 0.05) is 11.9 Å². The molecule has 1 heterocycles. The Kier molecular flexibility index (Phi) is 4.56. The highest BCUT2D eigenvalue weighted by atomic mass is 79.9. The van der Waals surface area contributed by atoms with Crippen LogP contribution in [-0.4, -0.2) is 4.57 Å². The SMILES string of the molecule is Cc1n(Cc2cccc(Cl)c2)cc[n+]1C.[Br-]. The second kappa shape index (κ2) is 5.51. The van der Waals surface area contributed by atoms with Crippen molar-refractivity contribution in [3.05, 3.63) is 53.1 Å². The number of rotatable bonds is 2. The zero-order valence-corrected chi connectivity index (χ0v) is 11.7. The highest BCUT2D eigenvalue weighted by Crippen LogP contribution is 2.12. The highest BCUT2D eigenvalue weighted by molar-refractivity contribution is 6.30. The van der Waals surface area contributed by atoms with E-state index in [4.69, 9.17) is 11.6 Å². The molecule has 0 unspecified atom stereocenters. The molecular formula is C12H14BrClN2. The van der Waals surface area contributed by atoms with Crippen LogP contribution >= 0.6 is 11.6 Å². The molecule has 0 fully saturated rings. The third-order valence-corrected chi connectivity index (χ3v) is 2.87. The number of aryl methyl sites for hydroxylation is 1. The van der Waals surface area contributed by atoms with Gasteiger partial charge in [-0.2, -0.15) is 0 Å². The van der Waals surface area contributed by atoms with E-state index >= 15 is 0 Å². The van der Waals surface area contributed by atoms with Crippen LogP contribution in [0.4, 0.5) is 0 Å². The zero-order valence-electron chi connectivity index (χ0n) is 9.32. The molecule has 2 nitrogen and oxygen atoms in total. The summed E-state index contributed by atoms with van der Waals surface area (Å²) in [5.74, 6) is 1.23. The van der Waals surface area contributed by atoms with Gasteiger partial charge in [0.25, 0.3) is 5.82 Å². The first-order valence-corrected chi connectivity index (χ1v) is 5.30. The molecule has 4 heteroatoms. The van der Waals surface area contributed by atoms with Gasteiger partial charge in [-0.1, -0.05) is 23.7 Å². The first-order chi connectivity index (χ1) is 7.16. The monoisotopic (exact) mass is 300 g/mol. The molecule has 1 aromatic carbocycles. The van der Waals surface area contributed by atoms with E-state index in [1.807, 2.05) is 25.2 Å². The number of hydrogen-bond acceptors (Lipinski definition) is 0. The van der Waals surface area contributed by atoms with Gasteiger partial charge < -0.3 is 17.0 Å². The van der Waals surface area contributed by atoms with Gasteiger partial charge >= 0.3 is 0 Å². The van der Waals surface area contributed by atoms with Gasteiger partial charge in [0.05, 0.1) is 7.05 Å². The van der Waals surface area contributed by atoms with E-state index in [2.05, 4.69) is 34.5 Å². The molecule has 0 aliphatic carbocycles. The number of aromatic nitrogens is 2. The third kappa shape index (κ3) is 2.86. The smallest absolute Gasteiger partial charge is 0.253 e. The van der Waals surface area contributed by atoms with Crippen LogP contribution in [0.15, 0.2) is 36.7 Å². The van der Waals surface area contributed by atoms with E-state index in [9.17, 15) is 0 Å². The van der Waals surface area contributed by atoms with Crippen molar-refractivity contribution >= 4 is 11.6 Å². The summed E-state index contributed by atoms with van der Waals surface area (Å²) in [5, 5.41) is 0.793. The Morgan fingerprint density at radius 2 is 2.12 bits per heavy atom. The molecular weight excluding hydrogens is 288 g/mol. The van der Waals surface area contributed by atoms with Crippen molar-refractivity contribution in [2.24, 2.45) is 7.05 Å². The maximum absolute atomic E-state index is 5.94. The molecule has 1 aromatic heterocycles. The largest absolute Gasteiger partial charge is 1.00 e. The standard InChI is InChI=1S/C12H14ClN2.BrH/c1-10-14(2)6-7-15(10)9-11-4-3-5-12(13)8-11;/h3-8H,9H2,1-2H3;1H/q+1;/p-1. The van der Waals surface area contributed by atoms with Crippen molar-refractivity contribution in [2.75, 3.05) is 0 Å². The quantitative estimate of drug-likeness (QED) is 0.651. The number of hydrogen-bond donors (Lipinski definition) is 0. The van der Waals surface area contributed by atoms with E-state index < -0.39 is 0 Å². The lowest BCUT2D eigenvalue weighted by Crippen LogP contribution is -3.00. The van der Waals surface area contributed by atoms with Gasteiger partial charge in [-0.25, -0.2) is 9.13 Å². The van der Waals surface area contributed by atoms with Crippen molar-refractivity contribution < 1.29 is 21.5 Å². The van der Waals surface area contributed by atoms with Crippen LogP contribution in [0.25, 0.3) is 0 Å². The summed E-state index contributed by atoms with van der Waals surface area (Å²) in [4.78, 5) is 0. The van der Waals surface area contributed by atoms with Gasteiger partial charge in [-0.05, 0) is 17.7 Å². The number of nitrogens with zero attached hydrogens (tertiary/aromatic N) is 2. The van der Waals surface area contributed by atoms with Crippen LogP contribution < -0.4 is 21.5 Å². The second-order valence-electron chi connectivity index (χ2n) is 3.71. The Morgan fingerprint density at radius 3 is 2.69 bits per heavy atom. The van der Waals surface area contributed by atoms with Gasteiger partial charge in [0.15, 0.2) is 0 Å². The van der Waals surface area contributed by atoms with Gasteiger partial charge in [-0.3, -0.25) is 0 Å². The van der Waals surface area contributed by atoms with Crippen molar-refractivity contribution in [2.45, 2.75) is 13.5 Å². The van der Waals surface area contributed by atoms with Crippen molar-refractivity contribution in [1.29, 1.82) is 0 Å². The number of benzene rings is 1. The fraction of sp³-hybridized carbons (Fsp3) is 0.250. The first-order valence-electron chi connectivity index (χ1n) is 4.92. The summed E-state index contributed by atoms with van der Waals surface area (Å²) in [7, 11) is 2.05. The average molecular weight is 302 g/mol. The minimum atomic E-state index is 0. The predicted molar refractivity (Wildman–Crippen MR) is 60.9 cm³/mol. The second-order valence-corrected chi connectivity index (χ2v) is 4.15. The first kappa shape index (κ1) is 13.3. The Bertz CT molecular complexity index is 480.